The molecule has 29 heavy (non-hydrogen) atoms. The molecule has 154 valence electrons. The molecule has 1 aliphatic heterocycles. The predicted octanol–water partition coefficient (Wildman–Crippen LogP) is 4.31. The molecule has 2 aliphatic rings. The van der Waals surface area contributed by atoms with Gasteiger partial charge in [0.05, 0.1) is 5.41 Å². The summed E-state index contributed by atoms with van der Waals surface area (Å²) in [5.41, 5.74) is 3.23. The zero-order valence-electron chi connectivity index (χ0n) is 17.7. The molecule has 1 saturated heterocycles. The van der Waals surface area contributed by atoms with E-state index in [1.807, 2.05) is 12.3 Å². The number of aromatic nitrogens is 1. The predicted molar refractivity (Wildman–Crippen MR) is 117 cm³/mol. The number of benzene rings is 1. The highest BCUT2D eigenvalue weighted by Crippen LogP contribution is 2.39. The van der Waals surface area contributed by atoms with Crippen LogP contribution in [0.2, 0.25) is 0 Å². The van der Waals surface area contributed by atoms with Crippen LogP contribution in [0.1, 0.15) is 45.1 Å². The summed E-state index contributed by atoms with van der Waals surface area (Å²) >= 11 is 0. The molecule has 4 nitrogen and oxygen atoms in total. The van der Waals surface area contributed by atoms with Crippen molar-refractivity contribution in [1.29, 1.82) is 0 Å². The molecule has 0 unspecified atom stereocenters. The van der Waals surface area contributed by atoms with E-state index in [4.69, 9.17) is 0 Å². The molecule has 0 bridgehead atoms. The smallest absolute Gasteiger partial charge is 0.226 e. The van der Waals surface area contributed by atoms with E-state index in [1.165, 1.54) is 30.5 Å². The first kappa shape index (κ1) is 20.1. The first-order chi connectivity index (χ1) is 14.1. The van der Waals surface area contributed by atoms with Crippen LogP contribution in [-0.2, 0) is 11.2 Å². The molecule has 1 saturated carbocycles. The molecule has 1 aromatic carbocycles. The summed E-state index contributed by atoms with van der Waals surface area (Å²) in [7, 11) is 0. The summed E-state index contributed by atoms with van der Waals surface area (Å²) in [4.78, 5) is 20.3. The van der Waals surface area contributed by atoms with Crippen LogP contribution >= 0.6 is 0 Å². The zero-order chi connectivity index (χ0) is 20.3. The lowest BCUT2D eigenvalue weighted by Gasteiger charge is -2.41. The summed E-state index contributed by atoms with van der Waals surface area (Å²) in [6, 6.07) is 12.7. The summed E-state index contributed by atoms with van der Waals surface area (Å²) in [5, 5.41) is 3.23. The third-order valence-corrected chi connectivity index (χ3v) is 6.45. The molecule has 4 rings (SSSR count). The van der Waals surface area contributed by atoms with Crippen molar-refractivity contribution in [2.45, 2.75) is 52.0 Å². The van der Waals surface area contributed by atoms with E-state index < -0.39 is 0 Å². The van der Waals surface area contributed by atoms with E-state index in [1.54, 1.807) is 6.20 Å². The van der Waals surface area contributed by atoms with E-state index in [0.29, 0.717) is 0 Å². The number of hydrogen-bond donors (Lipinski definition) is 1. The van der Waals surface area contributed by atoms with Crippen LogP contribution in [0.5, 0.6) is 0 Å². The van der Waals surface area contributed by atoms with Gasteiger partial charge in [-0.1, -0.05) is 30.3 Å². The number of amides is 1. The van der Waals surface area contributed by atoms with Gasteiger partial charge in [0.25, 0.3) is 0 Å². The topological polar surface area (TPSA) is 45.2 Å². The Morgan fingerprint density at radius 3 is 2.59 bits per heavy atom. The second-order valence-corrected chi connectivity index (χ2v) is 9.23. The average Bonchev–Trinajstić information content (AvgIpc) is 3.54. The van der Waals surface area contributed by atoms with Crippen molar-refractivity contribution in [3.63, 3.8) is 0 Å². The molecule has 1 amide bonds. The summed E-state index contributed by atoms with van der Waals surface area (Å²) in [6.07, 6.45) is 9.13. The van der Waals surface area contributed by atoms with Gasteiger partial charge in [-0.2, -0.15) is 0 Å². The van der Waals surface area contributed by atoms with Gasteiger partial charge < -0.3 is 10.2 Å². The highest BCUT2D eigenvalue weighted by molar-refractivity contribution is 5.84. The number of carbonyl (C=O) groups excluding carboxylic acids is 1. The maximum atomic E-state index is 13.4. The van der Waals surface area contributed by atoms with E-state index >= 15 is 0 Å². The van der Waals surface area contributed by atoms with E-state index in [2.05, 4.69) is 59.4 Å². The van der Waals surface area contributed by atoms with Gasteiger partial charge in [0, 0.05) is 30.5 Å². The third kappa shape index (κ3) is 4.87. The van der Waals surface area contributed by atoms with Crippen LogP contribution in [0.25, 0.3) is 11.1 Å². The maximum absolute atomic E-state index is 13.4. The molecule has 1 aromatic heterocycles. The van der Waals surface area contributed by atoms with Crippen LogP contribution in [0.3, 0.4) is 0 Å². The lowest BCUT2D eigenvalue weighted by Crippen LogP contribution is -2.51. The van der Waals surface area contributed by atoms with Gasteiger partial charge in [0.15, 0.2) is 0 Å². The Morgan fingerprint density at radius 1 is 1.17 bits per heavy atom. The molecule has 1 aliphatic carbocycles. The maximum Gasteiger partial charge on any atom is 0.226 e. The average molecular weight is 392 g/mol. The summed E-state index contributed by atoms with van der Waals surface area (Å²) < 4.78 is 0. The number of rotatable bonds is 7. The molecular formula is C25H33N3O. The minimum absolute atomic E-state index is 0.164. The zero-order valence-corrected chi connectivity index (χ0v) is 17.7. The first-order valence-electron chi connectivity index (χ1n) is 11.1. The molecule has 4 heteroatoms. The van der Waals surface area contributed by atoms with Crippen molar-refractivity contribution in [3.8, 4) is 11.1 Å². The monoisotopic (exact) mass is 391 g/mol. The van der Waals surface area contributed by atoms with Crippen molar-refractivity contribution in [2.24, 2.45) is 11.3 Å². The van der Waals surface area contributed by atoms with Crippen LogP contribution in [0, 0.1) is 11.3 Å². The van der Waals surface area contributed by atoms with Crippen molar-refractivity contribution >= 4 is 5.91 Å². The third-order valence-electron chi connectivity index (χ3n) is 6.45. The van der Waals surface area contributed by atoms with Crippen molar-refractivity contribution < 1.29 is 4.79 Å². The van der Waals surface area contributed by atoms with Crippen LogP contribution in [-0.4, -0.2) is 41.5 Å². The highest BCUT2D eigenvalue weighted by atomic mass is 16.2. The number of nitrogens with zero attached hydrogens (tertiary/aromatic N) is 2. The molecule has 0 spiro atoms. The minimum Gasteiger partial charge on any atom is -0.353 e. The molecule has 2 aromatic rings. The Balaban J connectivity index is 1.59. The highest BCUT2D eigenvalue weighted by Gasteiger charge is 2.42. The fourth-order valence-corrected chi connectivity index (χ4v) is 4.57. The number of likely N-dealkylation sites (tertiary alicyclic amines) is 1. The Labute approximate surface area is 174 Å². The van der Waals surface area contributed by atoms with Crippen molar-refractivity contribution in [1.82, 2.24) is 15.2 Å². The number of nitrogens with one attached hydrogen (secondary N) is 1. The summed E-state index contributed by atoms with van der Waals surface area (Å²) in [5.74, 6) is 1.12. The second kappa shape index (κ2) is 8.66. The normalized spacial score (nSPS) is 19.3. The Morgan fingerprint density at radius 2 is 1.93 bits per heavy atom. The van der Waals surface area contributed by atoms with Gasteiger partial charge in [0.1, 0.15) is 0 Å². The van der Waals surface area contributed by atoms with Gasteiger partial charge in [-0.3, -0.25) is 9.78 Å². The molecule has 1 N–H and O–H groups in total. The van der Waals surface area contributed by atoms with Crippen LogP contribution in [0.4, 0.5) is 0 Å². The Hall–Kier alpha value is -2.20. The lowest BCUT2D eigenvalue weighted by atomic mass is 9.72. The van der Waals surface area contributed by atoms with E-state index in [-0.39, 0.29) is 17.4 Å². The SMILES string of the molecule is CC(C)NC(=O)C1(Cc2ccccc2-c2cccnc2)CCN(CC2CC2)CC1. The lowest BCUT2D eigenvalue weighted by molar-refractivity contribution is -0.134. The number of hydrogen-bond acceptors (Lipinski definition) is 3. The van der Waals surface area contributed by atoms with Crippen LogP contribution in [0.15, 0.2) is 48.8 Å². The molecule has 2 fully saturated rings. The standard InChI is InChI=1S/C25H33N3O/c1-19(2)27-24(29)25(11-14-28(15-12-25)18-20-9-10-20)16-21-6-3-4-8-23(21)22-7-5-13-26-17-22/h3-8,13,17,19-20H,9-12,14-16,18H2,1-2H3,(H,27,29). The van der Waals surface area contributed by atoms with E-state index in [0.717, 1.165) is 43.8 Å². The van der Waals surface area contributed by atoms with Gasteiger partial charge in [-0.05, 0) is 82.2 Å². The first-order valence-corrected chi connectivity index (χ1v) is 11.1. The molecule has 0 radical (unpaired) electrons. The molecule has 0 atom stereocenters. The number of piperidine rings is 1. The largest absolute Gasteiger partial charge is 0.353 e. The van der Waals surface area contributed by atoms with Gasteiger partial charge >= 0.3 is 0 Å². The number of carbonyl (C=O) groups is 1. The fraction of sp³-hybridized carbons (Fsp3) is 0.520. The summed E-state index contributed by atoms with van der Waals surface area (Å²) in [6.45, 7) is 7.37. The number of pyridine rings is 1. The van der Waals surface area contributed by atoms with Gasteiger partial charge in [-0.15, -0.1) is 0 Å². The quantitative estimate of drug-likeness (QED) is 0.765. The van der Waals surface area contributed by atoms with Gasteiger partial charge in [-0.25, -0.2) is 0 Å². The minimum atomic E-state index is -0.331. The van der Waals surface area contributed by atoms with Crippen molar-refractivity contribution in [2.75, 3.05) is 19.6 Å². The Kier molecular flexibility index (Phi) is 6.00. The van der Waals surface area contributed by atoms with Crippen LogP contribution < -0.4 is 5.32 Å². The van der Waals surface area contributed by atoms with E-state index in [9.17, 15) is 4.79 Å². The Bertz CT molecular complexity index is 821. The fourth-order valence-electron chi connectivity index (χ4n) is 4.57. The van der Waals surface area contributed by atoms with Crippen molar-refractivity contribution in [3.05, 3.63) is 54.4 Å². The molecule has 2 heterocycles. The second-order valence-electron chi connectivity index (χ2n) is 9.23. The molecular weight excluding hydrogens is 358 g/mol. The van der Waals surface area contributed by atoms with Gasteiger partial charge in [0.2, 0.25) is 5.91 Å².